The van der Waals surface area contributed by atoms with Crippen molar-refractivity contribution in [1.82, 2.24) is 14.3 Å². The van der Waals surface area contributed by atoms with Gasteiger partial charge in [0, 0.05) is 25.3 Å². The van der Waals surface area contributed by atoms with Crippen LogP contribution in [0.25, 0.3) is 10.2 Å². The smallest absolute Gasteiger partial charge is 0.243 e. The number of carbonyl (C=O) groups excluding carboxylic acids is 1. The topological polar surface area (TPSA) is 83.5 Å². The predicted molar refractivity (Wildman–Crippen MR) is 123 cm³/mol. The van der Waals surface area contributed by atoms with Crippen LogP contribution in [0.2, 0.25) is 0 Å². The number of sulfonamides is 1. The van der Waals surface area contributed by atoms with E-state index < -0.39 is 10.0 Å². The maximum Gasteiger partial charge on any atom is 0.243 e. The summed E-state index contributed by atoms with van der Waals surface area (Å²) in [4.78, 5) is 23.6. The molecule has 4 heterocycles. The number of thioether (sulfide) groups is 1. The largest absolute Gasteiger partial charge is 0.311 e. The summed E-state index contributed by atoms with van der Waals surface area (Å²) in [5.41, 5.74) is 2.62. The molecule has 5 rings (SSSR count). The Morgan fingerprint density at radius 3 is 2.77 bits per heavy atom. The van der Waals surface area contributed by atoms with Crippen LogP contribution < -0.4 is 4.90 Å². The van der Waals surface area contributed by atoms with Gasteiger partial charge in [-0.2, -0.15) is 4.31 Å². The number of fused-ring (bicyclic) bond motifs is 2. The first kappa shape index (κ1) is 20.9. The Hall–Kier alpha value is -2.01. The molecular weight excluding hydrogens is 452 g/mol. The van der Waals surface area contributed by atoms with Crippen LogP contribution in [0.1, 0.15) is 24.8 Å². The molecule has 2 aromatic heterocycles. The zero-order valence-electron chi connectivity index (χ0n) is 16.9. The van der Waals surface area contributed by atoms with Gasteiger partial charge in [-0.1, -0.05) is 18.2 Å². The van der Waals surface area contributed by atoms with E-state index in [-0.39, 0.29) is 11.7 Å². The lowest BCUT2D eigenvalue weighted by Crippen LogP contribution is -2.35. The van der Waals surface area contributed by atoms with Crippen LogP contribution in [0.3, 0.4) is 0 Å². The molecule has 0 N–H and O–H groups in total. The third kappa shape index (κ3) is 3.97. The molecule has 0 bridgehead atoms. The summed E-state index contributed by atoms with van der Waals surface area (Å²) in [5.74, 6) is 0.274. The van der Waals surface area contributed by atoms with E-state index >= 15 is 0 Å². The van der Waals surface area contributed by atoms with Crippen LogP contribution in [-0.2, 0) is 21.2 Å². The van der Waals surface area contributed by atoms with Gasteiger partial charge < -0.3 is 4.90 Å². The van der Waals surface area contributed by atoms with Crippen LogP contribution in [0.4, 0.5) is 5.69 Å². The van der Waals surface area contributed by atoms with Crippen LogP contribution in [0.15, 0.2) is 45.9 Å². The van der Waals surface area contributed by atoms with E-state index in [2.05, 4.69) is 9.97 Å². The Balaban J connectivity index is 1.31. The molecule has 0 saturated carbocycles. The van der Waals surface area contributed by atoms with Gasteiger partial charge in [-0.15, -0.1) is 11.3 Å². The Morgan fingerprint density at radius 1 is 1.10 bits per heavy atom. The molecule has 0 atom stereocenters. The fourth-order valence-electron chi connectivity index (χ4n) is 4.13. The highest BCUT2D eigenvalue weighted by Crippen LogP contribution is 2.33. The molecule has 10 heteroatoms. The van der Waals surface area contributed by atoms with Gasteiger partial charge in [-0.25, -0.2) is 18.4 Å². The molecule has 0 radical (unpaired) electrons. The number of amides is 1. The van der Waals surface area contributed by atoms with Crippen molar-refractivity contribution in [3.05, 3.63) is 41.5 Å². The number of rotatable bonds is 5. The van der Waals surface area contributed by atoms with Gasteiger partial charge in [-0.3, -0.25) is 4.79 Å². The number of piperidine rings is 1. The maximum absolute atomic E-state index is 13.0. The average Bonchev–Trinajstić information content (AvgIpc) is 3.45. The van der Waals surface area contributed by atoms with Crippen molar-refractivity contribution in [2.24, 2.45) is 0 Å². The molecule has 1 amide bonds. The van der Waals surface area contributed by atoms with Gasteiger partial charge >= 0.3 is 0 Å². The minimum Gasteiger partial charge on any atom is -0.311 e. The highest BCUT2D eigenvalue weighted by Gasteiger charge is 2.30. The highest BCUT2D eigenvalue weighted by molar-refractivity contribution is 8.00. The summed E-state index contributed by atoms with van der Waals surface area (Å²) >= 11 is 2.99. The quantitative estimate of drug-likeness (QED) is 0.415. The molecule has 31 heavy (non-hydrogen) atoms. The number of benzene rings is 1. The molecule has 1 saturated heterocycles. The van der Waals surface area contributed by atoms with E-state index in [4.69, 9.17) is 0 Å². The fourth-order valence-corrected chi connectivity index (χ4v) is 7.52. The van der Waals surface area contributed by atoms with Crippen LogP contribution in [-0.4, -0.2) is 54.0 Å². The predicted octanol–water partition coefficient (Wildman–Crippen LogP) is 3.55. The van der Waals surface area contributed by atoms with Gasteiger partial charge in [-0.05, 0) is 54.5 Å². The van der Waals surface area contributed by atoms with Crippen molar-refractivity contribution < 1.29 is 13.2 Å². The van der Waals surface area contributed by atoms with Crippen LogP contribution >= 0.6 is 23.1 Å². The van der Waals surface area contributed by atoms with Gasteiger partial charge in [0.15, 0.2) is 0 Å². The highest BCUT2D eigenvalue weighted by atomic mass is 32.2. The Bertz CT molecular complexity index is 1240. The lowest BCUT2D eigenvalue weighted by molar-refractivity contribution is -0.116. The maximum atomic E-state index is 13.0. The molecule has 162 valence electrons. The molecule has 3 aromatic rings. The van der Waals surface area contributed by atoms with E-state index in [1.54, 1.807) is 38.7 Å². The number of anilines is 1. The van der Waals surface area contributed by atoms with E-state index in [0.717, 1.165) is 45.8 Å². The first-order valence-corrected chi connectivity index (χ1v) is 13.6. The van der Waals surface area contributed by atoms with Crippen molar-refractivity contribution in [3.63, 3.8) is 0 Å². The third-order valence-electron chi connectivity index (χ3n) is 5.74. The number of hydrogen-bond acceptors (Lipinski definition) is 7. The number of nitrogens with zero attached hydrogens (tertiary/aromatic N) is 4. The van der Waals surface area contributed by atoms with Gasteiger partial charge in [0.2, 0.25) is 15.9 Å². The summed E-state index contributed by atoms with van der Waals surface area (Å²) in [6.45, 7) is 1.74. The zero-order chi connectivity index (χ0) is 21.4. The Morgan fingerprint density at radius 2 is 1.94 bits per heavy atom. The number of carbonyl (C=O) groups is 1. The van der Waals surface area contributed by atoms with E-state index in [9.17, 15) is 13.2 Å². The van der Waals surface area contributed by atoms with Crippen molar-refractivity contribution >= 4 is 54.9 Å². The second-order valence-electron chi connectivity index (χ2n) is 7.65. The summed E-state index contributed by atoms with van der Waals surface area (Å²) in [6.07, 6.45) is 5.09. The van der Waals surface area contributed by atoms with Crippen LogP contribution in [0.5, 0.6) is 0 Å². The number of aromatic nitrogens is 2. The molecule has 0 spiro atoms. The average molecular weight is 475 g/mol. The molecule has 7 nitrogen and oxygen atoms in total. The SMILES string of the molecule is O=C(CSc1ncnc2ccsc12)N1CCc2cc(S(=O)(=O)N3CCCCC3)ccc21. The summed E-state index contributed by atoms with van der Waals surface area (Å²) in [6, 6.07) is 7.12. The second-order valence-corrected chi connectivity index (χ2v) is 11.5. The molecule has 1 aromatic carbocycles. The fraction of sp³-hybridized carbons (Fsp3) is 0.381. The summed E-state index contributed by atoms with van der Waals surface area (Å²) in [7, 11) is -3.47. The van der Waals surface area contributed by atoms with Crippen molar-refractivity contribution in [2.45, 2.75) is 35.6 Å². The van der Waals surface area contributed by atoms with Crippen molar-refractivity contribution in [2.75, 3.05) is 30.3 Å². The Labute approximate surface area is 189 Å². The number of hydrogen-bond donors (Lipinski definition) is 0. The minimum absolute atomic E-state index is 0.00120. The van der Waals surface area contributed by atoms with Crippen LogP contribution in [0, 0.1) is 0 Å². The molecule has 2 aliphatic rings. The molecule has 2 aliphatic heterocycles. The number of thiophene rings is 1. The first-order valence-electron chi connectivity index (χ1n) is 10.3. The van der Waals surface area contributed by atoms with Crippen molar-refractivity contribution in [3.8, 4) is 0 Å². The minimum atomic E-state index is -3.47. The van der Waals surface area contributed by atoms with E-state index in [0.29, 0.717) is 31.0 Å². The van der Waals surface area contributed by atoms with E-state index in [1.165, 1.54) is 18.1 Å². The molecule has 0 aliphatic carbocycles. The normalized spacial score (nSPS) is 17.2. The Kier molecular flexibility index (Phi) is 5.72. The zero-order valence-corrected chi connectivity index (χ0v) is 19.3. The summed E-state index contributed by atoms with van der Waals surface area (Å²) in [5, 5.41) is 2.79. The second kappa shape index (κ2) is 8.50. The summed E-state index contributed by atoms with van der Waals surface area (Å²) < 4.78 is 28.5. The van der Waals surface area contributed by atoms with Gasteiger partial charge in [0.05, 0.1) is 20.9 Å². The third-order valence-corrected chi connectivity index (χ3v) is 9.65. The van der Waals surface area contributed by atoms with Crippen molar-refractivity contribution in [1.29, 1.82) is 0 Å². The molecule has 1 fully saturated rings. The first-order chi connectivity index (χ1) is 15.0. The monoisotopic (exact) mass is 474 g/mol. The molecule has 0 unspecified atom stereocenters. The lowest BCUT2D eigenvalue weighted by atomic mass is 10.2. The lowest BCUT2D eigenvalue weighted by Gasteiger charge is -2.26. The van der Waals surface area contributed by atoms with Gasteiger partial charge in [0.1, 0.15) is 11.4 Å². The van der Waals surface area contributed by atoms with Gasteiger partial charge in [0.25, 0.3) is 0 Å². The molecular formula is C21H22N4O3S3. The standard InChI is InChI=1S/C21H22N4O3S3/c26-19(13-30-21-20-17(7-11-29-20)22-14-23-21)25-10-6-15-12-16(4-5-18(15)25)31(27,28)24-8-2-1-3-9-24/h4-5,7,11-12,14H,1-3,6,8-10,13H2. The van der Waals surface area contributed by atoms with E-state index in [1.807, 2.05) is 11.4 Å².